The van der Waals surface area contributed by atoms with Gasteiger partial charge in [0.15, 0.2) is 0 Å². The minimum atomic E-state index is -0.201. The van der Waals surface area contributed by atoms with Crippen molar-refractivity contribution in [3.8, 4) is 5.75 Å². The van der Waals surface area contributed by atoms with Crippen molar-refractivity contribution in [3.63, 3.8) is 0 Å². The highest BCUT2D eigenvalue weighted by Crippen LogP contribution is 2.19. The van der Waals surface area contributed by atoms with Crippen LogP contribution >= 0.6 is 0 Å². The number of nitrogen functional groups attached to an aromatic ring is 1. The molecule has 1 amide bonds. The lowest BCUT2D eigenvalue weighted by Crippen LogP contribution is -2.28. The summed E-state index contributed by atoms with van der Waals surface area (Å²) in [7, 11) is 1.56. The molecule has 5 heteroatoms. The maximum Gasteiger partial charge on any atom is 0.253 e. The first kappa shape index (κ1) is 15.3. The zero-order valence-corrected chi connectivity index (χ0v) is 11.7. The number of carbonyl (C=O) groups is 1. The molecule has 106 valence electrons. The average molecular weight is 266 g/mol. The minimum Gasteiger partial charge on any atom is -0.497 e. The summed E-state index contributed by atoms with van der Waals surface area (Å²) in [5.74, 6) is 0.926. The number of nitrogens with two attached hydrogens (primary N) is 1. The van der Waals surface area contributed by atoms with Crippen molar-refractivity contribution in [2.24, 2.45) is 5.92 Å². The number of benzene rings is 1. The van der Waals surface area contributed by atoms with Crippen LogP contribution in [0.5, 0.6) is 5.75 Å². The number of hydrogen-bond donors (Lipinski definition) is 2. The highest BCUT2D eigenvalue weighted by Gasteiger charge is 2.09. The summed E-state index contributed by atoms with van der Waals surface area (Å²) < 4.78 is 10.4. The van der Waals surface area contributed by atoms with Crippen LogP contribution in [0.25, 0.3) is 0 Å². The molecule has 0 aliphatic heterocycles. The molecule has 0 heterocycles. The van der Waals surface area contributed by atoms with Gasteiger partial charge in [0, 0.05) is 24.9 Å². The number of ether oxygens (including phenoxy) is 2. The third kappa shape index (κ3) is 5.18. The minimum absolute atomic E-state index is 0.201. The molecule has 0 saturated carbocycles. The molecule has 1 rings (SSSR count). The Hall–Kier alpha value is -1.75. The Kier molecular flexibility index (Phi) is 6.15. The van der Waals surface area contributed by atoms with Crippen LogP contribution in [0.3, 0.4) is 0 Å². The van der Waals surface area contributed by atoms with Crippen molar-refractivity contribution in [3.05, 3.63) is 23.8 Å². The molecular weight excluding hydrogens is 244 g/mol. The van der Waals surface area contributed by atoms with Gasteiger partial charge in [-0.3, -0.25) is 4.79 Å². The fraction of sp³-hybridized carbons (Fsp3) is 0.500. The van der Waals surface area contributed by atoms with Gasteiger partial charge in [-0.2, -0.15) is 0 Å². The van der Waals surface area contributed by atoms with Crippen LogP contribution in [0.15, 0.2) is 18.2 Å². The largest absolute Gasteiger partial charge is 0.497 e. The summed E-state index contributed by atoms with van der Waals surface area (Å²) >= 11 is 0. The SMILES string of the molecule is COc1ccc(C(=O)NCCOCC(C)C)c(N)c1. The topological polar surface area (TPSA) is 73.6 Å². The van der Waals surface area contributed by atoms with E-state index in [4.69, 9.17) is 15.2 Å². The number of anilines is 1. The number of methoxy groups -OCH3 is 1. The van der Waals surface area contributed by atoms with Gasteiger partial charge in [-0.05, 0) is 18.1 Å². The van der Waals surface area contributed by atoms with E-state index < -0.39 is 0 Å². The number of carbonyl (C=O) groups excluding carboxylic acids is 1. The van der Waals surface area contributed by atoms with E-state index in [0.29, 0.717) is 42.7 Å². The van der Waals surface area contributed by atoms with Crippen LogP contribution < -0.4 is 15.8 Å². The summed E-state index contributed by atoms with van der Waals surface area (Å²) in [4.78, 5) is 11.9. The summed E-state index contributed by atoms with van der Waals surface area (Å²) in [6.07, 6.45) is 0. The van der Waals surface area contributed by atoms with Crippen molar-refractivity contribution in [2.45, 2.75) is 13.8 Å². The molecule has 0 saturated heterocycles. The molecule has 0 radical (unpaired) electrons. The Morgan fingerprint density at radius 1 is 1.42 bits per heavy atom. The highest BCUT2D eigenvalue weighted by molar-refractivity contribution is 5.99. The molecule has 1 aromatic rings. The smallest absolute Gasteiger partial charge is 0.253 e. The predicted molar refractivity (Wildman–Crippen MR) is 75.4 cm³/mol. The fourth-order valence-electron chi connectivity index (χ4n) is 1.53. The van der Waals surface area contributed by atoms with Gasteiger partial charge in [-0.25, -0.2) is 0 Å². The van der Waals surface area contributed by atoms with Crippen molar-refractivity contribution in [2.75, 3.05) is 32.6 Å². The molecule has 1 aromatic carbocycles. The summed E-state index contributed by atoms with van der Waals surface area (Å²) in [6, 6.07) is 4.99. The van der Waals surface area contributed by atoms with E-state index in [1.165, 1.54) is 0 Å². The summed E-state index contributed by atoms with van der Waals surface area (Å²) in [5, 5.41) is 2.77. The van der Waals surface area contributed by atoms with E-state index in [1.54, 1.807) is 25.3 Å². The van der Waals surface area contributed by atoms with Gasteiger partial charge in [0.25, 0.3) is 5.91 Å². The second kappa shape index (κ2) is 7.63. The molecule has 0 spiro atoms. The van der Waals surface area contributed by atoms with Gasteiger partial charge in [-0.15, -0.1) is 0 Å². The van der Waals surface area contributed by atoms with Crippen LogP contribution in [0.1, 0.15) is 24.2 Å². The van der Waals surface area contributed by atoms with Gasteiger partial charge in [0.1, 0.15) is 5.75 Å². The molecule has 0 aliphatic carbocycles. The molecule has 0 aliphatic rings. The maximum absolute atomic E-state index is 11.9. The molecule has 0 aromatic heterocycles. The molecule has 0 atom stereocenters. The normalized spacial score (nSPS) is 10.5. The summed E-state index contributed by atoms with van der Waals surface area (Å²) in [6.45, 7) is 5.82. The third-order valence-corrected chi connectivity index (χ3v) is 2.49. The van der Waals surface area contributed by atoms with E-state index in [9.17, 15) is 4.79 Å². The quantitative estimate of drug-likeness (QED) is 0.581. The second-order valence-electron chi connectivity index (χ2n) is 4.68. The number of hydrogen-bond acceptors (Lipinski definition) is 4. The lowest BCUT2D eigenvalue weighted by molar-refractivity contribution is 0.0887. The van der Waals surface area contributed by atoms with Gasteiger partial charge in [-0.1, -0.05) is 13.8 Å². The van der Waals surface area contributed by atoms with Gasteiger partial charge in [0.2, 0.25) is 0 Å². The van der Waals surface area contributed by atoms with Crippen molar-refractivity contribution in [1.29, 1.82) is 0 Å². The first-order chi connectivity index (χ1) is 9.04. The fourth-order valence-corrected chi connectivity index (χ4v) is 1.53. The standard InChI is InChI=1S/C14H22N2O3/c1-10(2)9-19-7-6-16-14(17)12-5-4-11(18-3)8-13(12)15/h4-5,8,10H,6-7,9,15H2,1-3H3,(H,16,17). The molecule has 0 bridgehead atoms. The monoisotopic (exact) mass is 266 g/mol. The van der Waals surface area contributed by atoms with E-state index in [0.717, 1.165) is 0 Å². The zero-order valence-electron chi connectivity index (χ0n) is 11.7. The van der Waals surface area contributed by atoms with Crippen LogP contribution in [0.2, 0.25) is 0 Å². The molecular formula is C14H22N2O3. The maximum atomic E-state index is 11.9. The first-order valence-electron chi connectivity index (χ1n) is 6.34. The predicted octanol–water partition coefficient (Wildman–Crippen LogP) is 1.68. The van der Waals surface area contributed by atoms with Crippen LogP contribution in [0.4, 0.5) is 5.69 Å². The number of amides is 1. The van der Waals surface area contributed by atoms with E-state index in [-0.39, 0.29) is 5.91 Å². The lowest BCUT2D eigenvalue weighted by atomic mass is 10.1. The number of nitrogens with one attached hydrogen (secondary N) is 1. The van der Waals surface area contributed by atoms with E-state index in [2.05, 4.69) is 19.2 Å². The first-order valence-corrected chi connectivity index (χ1v) is 6.34. The van der Waals surface area contributed by atoms with E-state index >= 15 is 0 Å². The van der Waals surface area contributed by atoms with Crippen LogP contribution in [-0.2, 0) is 4.74 Å². The highest BCUT2D eigenvalue weighted by atomic mass is 16.5. The Morgan fingerprint density at radius 2 is 2.16 bits per heavy atom. The van der Waals surface area contributed by atoms with Gasteiger partial charge >= 0.3 is 0 Å². The zero-order chi connectivity index (χ0) is 14.3. The molecule has 5 nitrogen and oxygen atoms in total. The third-order valence-electron chi connectivity index (χ3n) is 2.49. The molecule has 19 heavy (non-hydrogen) atoms. The van der Waals surface area contributed by atoms with Crippen molar-refractivity contribution < 1.29 is 14.3 Å². The van der Waals surface area contributed by atoms with Crippen LogP contribution in [0, 0.1) is 5.92 Å². The Morgan fingerprint density at radius 3 is 2.74 bits per heavy atom. The average Bonchev–Trinajstić information content (AvgIpc) is 2.37. The van der Waals surface area contributed by atoms with Crippen LogP contribution in [-0.4, -0.2) is 32.8 Å². The molecule has 3 N–H and O–H groups in total. The van der Waals surface area contributed by atoms with E-state index in [1.807, 2.05) is 0 Å². The molecule has 0 unspecified atom stereocenters. The van der Waals surface area contributed by atoms with Gasteiger partial charge in [0.05, 0.1) is 19.3 Å². The number of rotatable bonds is 7. The summed E-state index contributed by atoms with van der Waals surface area (Å²) in [5.41, 5.74) is 6.65. The van der Waals surface area contributed by atoms with Gasteiger partial charge < -0.3 is 20.5 Å². The lowest BCUT2D eigenvalue weighted by Gasteiger charge is -2.10. The Balaban J connectivity index is 2.41. The Labute approximate surface area is 114 Å². The van der Waals surface area contributed by atoms with Crippen molar-refractivity contribution >= 4 is 11.6 Å². The Bertz CT molecular complexity index is 419. The second-order valence-corrected chi connectivity index (χ2v) is 4.68. The van der Waals surface area contributed by atoms with Crippen molar-refractivity contribution in [1.82, 2.24) is 5.32 Å². The molecule has 0 fully saturated rings.